The monoisotopic (exact) mass is 216 g/mol. The van der Waals surface area contributed by atoms with Crippen molar-refractivity contribution in [3.63, 3.8) is 0 Å². The smallest absolute Gasteiger partial charge is 0.327 e. The fourth-order valence-corrected chi connectivity index (χ4v) is 1.02. The van der Waals surface area contributed by atoms with Crippen molar-refractivity contribution in [3.8, 4) is 0 Å². The van der Waals surface area contributed by atoms with Crippen LogP contribution in [-0.2, 0) is 4.79 Å². The Balaban J connectivity index is 2.84. The van der Waals surface area contributed by atoms with Crippen LogP contribution in [0, 0.1) is 11.6 Å². The van der Waals surface area contributed by atoms with E-state index in [1.165, 1.54) is 0 Å². The fraction of sp³-hybridized carbons (Fsp3) is 0.222. The van der Waals surface area contributed by atoms with E-state index in [2.05, 4.69) is 5.32 Å². The van der Waals surface area contributed by atoms with Crippen LogP contribution in [0.3, 0.4) is 0 Å². The van der Waals surface area contributed by atoms with Crippen LogP contribution >= 0.6 is 0 Å². The largest absolute Gasteiger partial charge is 0.480 e. The maximum Gasteiger partial charge on any atom is 0.327 e. The van der Waals surface area contributed by atoms with Crippen molar-refractivity contribution in [2.24, 2.45) is 5.73 Å². The van der Waals surface area contributed by atoms with Crippen LogP contribution in [0.25, 0.3) is 0 Å². The number of halogens is 2. The van der Waals surface area contributed by atoms with Crippen molar-refractivity contribution in [3.05, 3.63) is 29.8 Å². The van der Waals surface area contributed by atoms with E-state index in [1.807, 2.05) is 0 Å². The summed E-state index contributed by atoms with van der Waals surface area (Å²) in [7, 11) is 0. The zero-order valence-electron chi connectivity index (χ0n) is 7.71. The molecule has 0 saturated heterocycles. The van der Waals surface area contributed by atoms with Gasteiger partial charge in [0.25, 0.3) is 0 Å². The van der Waals surface area contributed by atoms with Crippen molar-refractivity contribution in [2.75, 3.05) is 11.9 Å². The number of carbonyl (C=O) groups is 1. The first-order valence-electron chi connectivity index (χ1n) is 4.19. The lowest BCUT2D eigenvalue weighted by atomic mass is 10.2. The van der Waals surface area contributed by atoms with Crippen molar-refractivity contribution < 1.29 is 18.7 Å². The minimum Gasteiger partial charge on any atom is -0.480 e. The quantitative estimate of drug-likeness (QED) is 0.695. The molecule has 4 nitrogen and oxygen atoms in total. The molecule has 0 amide bonds. The van der Waals surface area contributed by atoms with Crippen LogP contribution in [-0.4, -0.2) is 23.7 Å². The highest BCUT2D eigenvalue weighted by Gasteiger charge is 2.16. The molecule has 6 heteroatoms. The van der Waals surface area contributed by atoms with E-state index >= 15 is 0 Å². The number of nitrogens with two attached hydrogens (primary N) is 1. The molecular weight excluding hydrogens is 206 g/mol. The summed E-state index contributed by atoms with van der Waals surface area (Å²) >= 11 is 0. The van der Waals surface area contributed by atoms with Crippen LogP contribution in [0.1, 0.15) is 0 Å². The van der Waals surface area contributed by atoms with Crippen LogP contribution in [0.2, 0.25) is 0 Å². The highest BCUT2D eigenvalue weighted by atomic mass is 19.1. The van der Waals surface area contributed by atoms with Gasteiger partial charge < -0.3 is 16.2 Å². The van der Waals surface area contributed by atoms with E-state index in [1.54, 1.807) is 0 Å². The lowest BCUT2D eigenvalue weighted by molar-refractivity contribution is -0.137. The van der Waals surface area contributed by atoms with Gasteiger partial charge in [0.05, 0.1) is 5.69 Å². The molecule has 82 valence electrons. The van der Waals surface area contributed by atoms with Crippen molar-refractivity contribution in [1.29, 1.82) is 0 Å². The van der Waals surface area contributed by atoms with Gasteiger partial charge in [-0.15, -0.1) is 0 Å². The Morgan fingerprint density at radius 1 is 1.53 bits per heavy atom. The molecule has 4 N–H and O–H groups in total. The summed E-state index contributed by atoms with van der Waals surface area (Å²) in [5.74, 6) is -2.77. The molecule has 0 bridgehead atoms. The Morgan fingerprint density at radius 2 is 2.20 bits per heavy atom. The molecule has 1 unspecified atom stereocenters. The molecule has 1 rings (SSSR count). The molecule has 0 saturated carbocycles. The van der Waals surface area contributed by atoms with Crippen LogP contribution < -0.4 is 11.1 Å². The molecule has 0 fully saturated rings. The standard InChI is InChI=1S/C9H10F2N2O2/c10-5-1-2-7(6(11)3-5)13-8(4-12)9(14)15/h1-3,8,13H,4,12H2,(H,14,15). The third kappa shape index (κ3) is 2.88. The summed E-state index contributed by atoms with van der Waals surface area (Å²) in [5.41, 5.74) is 5.07. The van der Waals surface area contributed by atoms with E-state index in [9.17, 15) is 13.6 Å². The number of benzene rings is 1. The predicted octanol–water partition coefficient (Wildman–Crippen LogP) is 0.789. The Morgan fingerprint density at radius 3 is 2.67 bits per heavy atom. The van der Waals surface area contributed by atoms with Crippen LogP contribution in [0.15, 0.2) is 18.2 Å². The summed E-state index contributed by atoms with van der Waals surface area (Å²) in [6, 6.07) is 1.72. The van der Waals surface area contributed by atoms with Crippen molar-refractivity contribution >= 4 is 11.7 Å². The molecule has 0 aliphatic carbocycles. The Labute approximate surface area is 84.7 Å². The van der Waals surface area contributed by atoms with Gasteiger partial charge in [-0.3, -0.25) is 0 Å². The van der Waals surface area contributed by atoms with Gasteiger partial charge in [-0.1, -0.05) is 0 Å². The molecule has 15 heavy (non-hydrogen) atoms. The molecule has 0 spiro atoms. The lowest BCUT2D eigenvalue weighted by Crippen LogP contribution is -2.36. The van der Waals surface area contributed by atoms with E-state index in [0.29, 0.717) is 6.07 Å². The topological polar surface area (TPSA) is 75.3 Å². The highest BCUT2D eigenvalue weighted by molar-refractivity contribution is 5.77. The average Bonchev–Trinajstić information content (AvgIpc) is 2.16. The Bertz CT molecular complexity index is 371. The van der Waals surface area contributed by atoms with E-state index in [4.69, 9.17) is 10.8 Å². The Hall–Kier alpha value is -1.69. The first-order valence-corrected chi connectivity index (χ1v) is 4.19. The molecule has 0 radical (unpaired) electrons. The van der Waals surface area contributed by atoms with Crippen LogP contribution in [0.5, 0.6) is 0 Å². The maximum atomic E-state index is 13.1. The van der Waals surface area contributed by atoms with Gasteiger partial charge in [-0.05, 0) is 12.1 Å². The molecule has 0 heterocycles. The first kappa shape index (κ1) is 11.4. The van der Waals surface area contributed by atoms with Gasteiger partial charge in [-0.25, -0.2) is 13.6 Å². The third-order valence-corrected chi connectivity index (χ3v) is 1.79. The predicted molar refractivity (Wildman–Crippen MR) is 50.5 cm³/mol. The number of hydrogen-bond donors (Lipinski definition) is 3. The number of carboxylic acid groups (broad SMARTS) is 1. The van der Waals surface area contributed by atoms with Crippen molar-refractivity contribution in [2.45, 2.75) is 6.04 Å². The van der Waals surface area contributed by atoms with Gasteiger partial charge >= 0.3 is 5.97 Å². The summed E-state index contributed by atoms with van der Waals surface area (Å²) in [5, 5.41) is 11.0. The van der Waals surface area contributed by atoms with E-state index < -0.39 is 23.6 Å². The second-order valence-corrected chi connectivity index (χ2v) is 2.90. The maximum absolute atomic E-state index is 13.1. The first-order chi connectivity index (χ1) is 7.04. The molecular formula is C9H10F2N2O2. The number of carboxylic acids is 1. The normalized spacial score (nSPS) is 12.2. The van der Waals surface area contributed by atoms with Gasteiger partial charge in [0, 0.05) is 12.6 Å². The molecule has 1 aromatic rings. The summed E-state index contributed by atoms with van der Waals surface area (Å²) in [4.78, 5) is 10.6. The summed E-state index contributed by atoms with van der Waals surface area (Å²) in [6.07, 6.45) is 0. The van der Waals surface area contributed by atoms with E-state index in [0.717, 1.165) is 12.1 Å². The van der Waals surface area contributed by atoms with Gasteiger partial charge in [0.15, 0.2) is 0 Å². The molecule has 1 atom stereocenters. The molecule has 0 aromatic heterocycles. The third-order valence-electron chi connectivity index (χ3n) is 1.79. The minimum absolute atomic E-state index is 0.0887. The van der Waals surface area contributed by atoms with Gasteiger partial charge in [0.2, 0.25) is 0 Å². The number of anilines is 1. The zero-order valence-corrected chi connectivity index (χ0v) is 7.71. The molecule has 0 aliphatic heterocycles. The molecule has 0 aliphatic rings. The summed E-state index contributed by atoms with van der Waals surface area (Å²) in [6.45, 7) is -0.188. The van der Waals surface area contributed by atoms with E-state index in [-0.39, 0.29) is 12.2 Å². The minimum atomic E-state index is -1.19. The summed E-state index contributed by atoms with van der Waals surface area (Å²) < 4.78 is 25.6. The van der Waals surface area contributed by atoms with Crippen LogP contribution in [0.4, 0.5) is 14.5 Å². The second-order valence-electron chi connectivity index (χ2n) is 2.90. The number of nitrogens with one attached hydrogen (secondary N) is 1. The zero-order chi connectivity index (χ0) is 11.4. The van der Waals surface area contributed by atoms with Gasteiger partial charge in [0.1, 0.15) is 17.7 Å². The SMILES string of the molecule is NCC(Nc1ccc(F)cc1F)C(=O)O. The number of aliphatic carboxylic acids is 1. The Kier molecular flexibility index (Phi) is 3.56. The molecule has 1 aromatic carbocycles. The van der Waals surface area contributed by atoms with Crippen molar-refractivity contribution in [1.82, 2.24) is 0 Å². The second kappa shape index (κ2) is 4.70. The number of hydrogen-bond acceptors (Lipinski definition) is 3. The average molecular weight is 216 g/mol. The number of rotatable bonds is 4. The lowest BCUT2D eigenvalue weighted by Gasteiger charge is -2.13. The van der Waals surface area contributed by atoms with Gasteiger partial charge in [-0.2, -0.15) is 0 Å². The fourth-order valence-electron chi connectivity index (χ4n) is 1.02. The highest BCUT2D eigenvalue weighted by Crippen LogP contribution is 2.15.